The number of phosphoric acid groups is 1. The summed E-state index contributed by atoms with van der Waals surface area (Å²) in [5, 5.41) is 0. The topological polar surface area (TPSA) is 70.8 Å². The van der Waals surface area contributed by atoms with Crippen LogP contribution in [0.4, 0.5) is 0 Å². The van der Waals surface area contributed by atoms with E-state index in [1.165, 1.54) is 0 Å². The molecule has 90 valence electrons. The molecule has 0 spiro atoms. The van der Waals surface area contributed by atoms with E-state index >= 15 is 0 Å². The Morgan fingerprint density at radius 3 is 2.60 bits per heavy atom. The lowest BCUT2D eigenvalue weighted by atomic mass is 10.5. The van der Waals surface area contributed by atoms with Gasteiger partial charge in [-0.3, -0.25) is 13.6 Å². The largest absolute Gasteiger partial charge is 0.474 e. The van der Waals surface area contributed by atoms with Crippen LogP contribution in [0.5, 0.6) is 0 Å². The van der Waals surface area contributed by atoms with Crippen molar-refractivity contribution in [2.75, 3.05) is 26.4 Å². The van der Waals surface area contributed by atoms with Crippen LogP contribution in [0.3, 0.4) is 0 Å². The van der Waals surface area contributed by atoms with Crippen LogP contribution >= 0.6 is 7.82 Å². The van der Waals surface area contributed by atoms with Crippen LogP contribution in [0.15, 0.2) is 0 Å². The van der Waals surface area contributed by atoms with E-state index in [9.17, 15) is 4.57 Å². The Morgan fingerprint density at radius 2 is 2.07 bits per heavy atom. The van der Waals surface area contributed by atoms with Crippen LogP contribution in [0.2, 0.25) is 0 Å². The van der Waals surface area contributed by atoms with Crippen LogP contribution in [-0.2, 0) is 18.1 Å². The lowest BCUT2D eigenvalue weighted by molar-refractivity contribution is 0.113. The van der Waals surface area contributed by atoms with Crippen molar-refractivity contribution < 1.29 is 18.1 Å². The predicted molar refractivity (Wildman–Crippen MR) is 57.5 cm³/mol. The molecule has 0 aromatic rings. The summed E-state index contributed by atoms with van der Waals surface area (Å²) in [7, 11) is -3.32. The fourth-order valence-corrected chi connectivity index (χ4v) is 2.30. The Morgan fingerprint density at radius 1 is 1.33 bits per heavy atom. The fourth-order valence-electron chi connectivity index (χ4n) is 1.01. The average Bonchev–Trinajstić information content (AvgIpc) is 2.99. The van der Waals surface area contributed by atoms with E-state index in [0.29, 0.717) is 38.7 Å². The molecule has 1 fully saturated rings. The molecule has 1 atom stereocenters. The second kappa shape index (κ2) is 6.61. The number of hydrogen-bond acceptors (Lipinski definition) is 5. The van der Waals surface area contributed by atoms with Crippen molar-refractivity contribution in [1.29, 1.82) is 0 Å². The van der Waals surface area contributed by atoms with Gasteiger partial charge in [-0.2, -0.15) is 0 Å². The normalized spacial score (nSPS) is 20.1. The number of hydrogen-bond donors (Lipinski definition) is 1. The molecule has 1 unspecified atom stereocenters. The van der Waals surface area contributed by atoms with Crippen LogP contribution < -0.4 is 5.73 Å². The molecule has 0 amide bonds. The van der Waals surface area contributed by atoms with Crippen molar-refractivity contribution in [1.82, 2.24) is 0 Å². The zero-order chi connectivity index (χ0) is 11.1. The zero-order valence-corrected chi connectivity index (χ0v) is 10.1. The molecule has 1 rings (SSSR count). The van der Waals surface area contributed by atoms with E-state index in [1.54, 1.807) is 6.92 Å². The lowest BCUT2D eigenvalue weighted by Gasteiger charge is -2.16. The van der Waals surface area contributed by atoms with Crippen LogP contribution in [0.25, 0.3) is 0 Å². The van der Waals surface area contributed by atoms with Gasteiger partial charge in [0.1, 0.15) is 0 Å². The third kappa shape index (κ3) is 5.64. The van der Waals surface area contributed by atoms with E-state index < -0.39 is 7.82 Å². The maximum absolute atomic E-state index is 11.9. The summed E-state index contributed by atoms with van der Waals surface area (Å²) >= 11 is 0. The van der Waals surface area contributed by atoms with Crippen molar-refractivity contribution >= 4 is 7.82 Å². The van der Waals surface area contributed by atoms with Crippen LogP contribution in [0, 0.1) is 5.92 Å². The van der Waals surface area contributed by atoms with Crippen molar-refractivity contribution in [3.8, 4) is 0 Å². The molecule has 1 aliphatic rings. The SMILES string of the molecule is CCOP(=O)(OCCCN)OCC1CC1. The summed E-state index contributed by atoms with van der Waals surface area (Å²) in [5.41, 5.74) is 5.31. The molecular weight excluding hydrogens is 217 g/mol. The number of nitrogens with two attached hydrogens (primary N) is 1. The van der Waals surface area contributed by atoms with Crippen molar-refractivity contribution in [3.63, 3.8) is 0 Å². The third-order valence-corrected chi connectivity index (χ3v) is 3.59. The summed E-state index contributed by atoms with van der Waals surface area (Å²) in [6, 6.07) is 0. The molecule has 0 heterocycles. The highest BCUT2D eigenvalue weighted by Gasteiger charge is 2.30. The molecular formula is C9H20NO4P. The van der Waals surface area contributed by atoms with Crippen LogP contribution in [-0.4, -0.2) is 26.4 Å². The van der Waals surface area contributed by atoms with Crippen molar-refractivity contribution in [2.45, 2.75) is 26.2 Å². The average molecular weight is 237 g/mol. The highest BCUT2D eigenvalue weighted by Crippen LogP contribution is 2.50. The molecule has 5 nitrogen and oxygen atoms in total. The Balaban J connectivity index is 2.26. The van der Waals surface area contributed by atoms with Gasteiger partial charge in [-0.15, -0.1) is 0 Å². The molecule has 0 saturated heterocycles. The molecule has 0 aromatic heterocycles. The van der Waals surface area contributed by atoms with Gasteiger partial charge in [0, 0.05) is 0 Å². The monoisotopic (exact) mass is 237 g/mol. The first-order chi connectivity index (χ1) is 7.20. The molecule has 2 N–H and O–H groups in total. The first kappa shape index (κ1) is 13.1. The molecule has 1 saturated carbocycles. The van der Waals surface area contributed by atoms with E-state index in [0.717, 1.165) is 12.8 Å². The molecule has 0 bridgehead atoms. The highest BCUT2D eigenvalue weighted by molar-refractivity contribution is 7.48. The number of phosphoric ester groups is 1. The van der Waals surface area contributed by atoms with Gasteiger partial charge in [0.15, 0.2) is 0 Å². The maximum atomic E-state index is 11.9. The van der Waals surface area contributed by atoms with E-state index in [-0.39, 0.29) is 0 Å². The van der Waals surface area contributed by atoms with E-state index in [1.807, 2.05) is 0 Å². The zero-order valence-electron chi connectivity index (χ0n) is 9.18. The lowest BCUT2D eigenvalue weighted by Crippen LogP contribution is -2.07. The van der Waals surface area contributed by atoms with Gasteiger partial charge in [0.25, 0.3) is 0 Å². The van der Waals surface area contributed by atoms with Crippen molar-refractivity contribution in [3.05, 3.63) is 0 Å². The van der Waals surface area contributed by atoms with Gasteiger partial charge >= 0.3 is 7.82 Å². The minimum atomic E-state index is -3.32. The van der Waals surface area contributed by atoms with Gasteiger partial charge < -0.3 is 5.73 Å². The summed E-state index contributed by atoms with van der Waals surface area (Å²) in [6.45, 7) is 3.39. The smallest absolute Gasteiger partial charge is 0.330 e. The Kier molecular flexibility index (Phi) is 5.79. The summed E-state index contributed by atoms with van der Waals surface area (Å²) in [4.78, 5) is 0. The van der Waals surface area contributed by atoms with E-state index in [2.05, 4.69) is 0 Å². The molecule has 0 radical (unpaired) electrons. The van der Waals surface area contributed by atoms with Gasteiger partial charge in [-0.05, 0) is 38.6 Å². The second-order valence-corrected chi connectivity index (χ2v) is 5.25. The van der Waals surface area contributed by atoms with Gasteiger partial charge in [-0.1, -0.05) is 0 Å². The fraction of sp³-hybridized carbons (Fsp3) is 1.00. The minimum Gasteiger partial charge on any atom is -0.330 e. The molecule has 0 aromatic carbocycles. The van der Waals surface area contributed by atoms with E-state index in [4.69, 9.17) is 19.3 Å². The standard InChI is InChI=1S/C9H20NO4P/c1-2-12-15(11,13-7-3-6-10)14-8-9-4-5-9/h9H,2-8,10H2,1H3. The molecule has 6 heteroatoms. The van der Waals surface area contributed by atoms with Gasteiger partial charge in [0.05, 0.1) is 19.8 Å². The maximum Gasteiger partial charge on any atom is 0.474 e. The van der Waals surface area contributed by atoms with Crippen LogP contribution in [0.1, 0.15) is 26.2 Å². The summed E-state index contributed by atoms with van der Waals surface area (Å²) in [6.07, 6.45) is 2.95. The first-order valence-electron chi connectivity index (χ1n) is 5.44. The summed E-state index contributed by atoms with van der Waals surface area (Å²) < 4.78 is 27.3. The Hall–Kier alpha value is 0.0700. The Bertz CT molecular complexity index is 220. The summed E-state index contributed by atoms with van der Waals surface area (Å²) in [5.74, 6) is 0.539. The molecule has 0 aliphatic heterocycles. The first-order valence-corrected chi connectivity index (χ1v) is 6.90. The Labute approximate surface area is 90.9 Å². The molecule has 1 aliphatic carbocycles. The van der Waals surface area contributed by atoms with Gasteiger partial charge in [-0.25, -0.2) is 4.57 Å². The highest BCUT2D eigenvalue weighted by atomic mass is 31.2. The predicted octanol–water partition coefficient (Wildman–Crippen LogP) is 1.92. The number of rotatable bonds is 9. The van der Waals surface area contributed by atoms with Gasteiger partial charge in [0.2, 0.25) is 0 Å². The third-order valence-electron chi connectivity index (χ3n) is 2.05. The second-order valence-electron chi connectivity index (χ2n) is 3.58. The van der Waals surface area contributed by atoms with Crippen molar-refractivity contribution in [2.24, 2.45) is 11.7 Å². The minimum absolute atomic E-state index is 0.318. The molecule has 15 heavy (non-hydrogen) atoms. The quantitative estimate of drug-likeness (QED) is 0.490.